The summed E-state index contributed by atoms with van der Waals surface area (Å²) in [6.07, 6.45) is 1.00. The third kappa shape index (κ3) is 3.41. The lowest BCUT2D eigenvalue weighted by molar-refractivity contribution is -0.134. The number of halogens is 2. The van der Waals surface area contributed by atoms with Gasteiger partial charge in [-0.3, -0.25) is 4.79 Å². The van der Waals surface area contributed by atoms with Gasteiger partial charge in [-0.1, -0.05) is 6.92 Å². The Morgan fingerprint density at radius 2 is 2.11 bits per heavy atom. The summed E-state index contributed by atoms with van der Waals surface area (Å²) in [5.41, 5.74) is 0.597. The number of aromatic nitrogens is 1. The molecule has 100 valence electrons. The molecule has 1 aromatic carbocycles. The molecule has 0 aliphatic carbocycles. The number of nitrogens with zero attached hydrogens (tertiary/aromatic N) is 1. The molecule has 0 radical (unpaired) electrons. The van der Waals surface area contributed by atoms with Gasteiger partial charge >= 0.3 is 5.97 Å². The third-order valence-electron chi connectivity index (χ3n) is 2.31. The van der Waals surface area contributed by atoms with Crippen LogP contribution >= 0.6 is 15.9 Å². The SMILES string of the molecule is CCCC(=O)Oc1nc(-c2ccc(F)cc2)oc1Br. The molecule has 6 heteroatoms. The number of benzene rings is 1. The van der Waals surface area contributed by atoms with Gasteiger partial charge in [0, 0.05) is 12.0 Å². The van der Waals surface area contributed by atoms with E-state index in [1.54, 1.807) is 0 Å². The maximum absolute atomic E-state index is 12.8. The summed E-state index contributed by atoms with van der Waals surface area (Å²) >= 11 is 3.13. The summed E-state index contributed by atoms with van der Waals surface area (Å²) in [5.74, 6) is -0.380. The fourth-order valence-corrected chi connectivity index (χ4v) is 1.75. The average molecular weight is 328 g/mol. The summed E-state index contributed by atoms with van der Waals surface area (Å²) in [5, 5.41) is 0. The van der Waals surface area contributed by atoms with E-state index in [-0.39, 0.29) is 28.2 Å². The summed E-state index contributed by atoms with van der Waals surface area (Å²) in [4.78, 5) is 15.4. The van der Waals surface area contributed by atoms with E-state index in [0.717, 1.165) is 0 Å². The minimum absolute atomic E-state index is 0.0813. The van der Waals surface area contributed by atoms with Crippen LogP contribution in [0.3, 0.4) is 0 Å². The molecule has 0 aliphatic rings. The minimum atomic E-state index is -0.373. The van der Waals surface area contributed by atoms with Gasteiger partial charge in [0.2, 0.25) is 10.6 Å². The van der Waals surface area contributed by atoms with Gasteiger partial charge in [0.05, 0.1) is 0 Å². The van der Waals surface area contributed by atoms with Crippen molar-refractivity contribution in [3.8, 4) is 17.3 Å². The number of carbonyl (C=O) groups excluding carboxylic acids is 1. The average Bonchev–Trinajstić information content (AvgIpc) is 2.72. The summed E-state index contributed by atoms with van der Waals surface area (Å²) in [7, 11) is 0. The van der Waals surface area contributed by atoms with Crippen molar-refractivity contribution in [3.63, 3.8) is 0 Å². The van der Waals surface area contributed by atoms with Crippen LogP contribution in [0.4, 0.5) is 4.39 Å². The maximum atomic E-state index is 12.8. The Labute approximate surface area is 117 Å². The summed E-state index contributed by atoms with van der Waals surface area (Å²) in [6, 6.07) is 5.67. The Morgan fingerprint density at radius 1 is 1.42 bits per heavy atom. The highest BCUT2D eigenvalue weighted by Crippen LogP contribution is 2.31. The van der Waals surface area contributed by atoms with Crippen LogP contribution in [0.1, 0.15) is 19.8 Å². The second-order valence-corrected chi connectivity index (χ2v) is 4.55. The Balaban J connectivity index is 2.21. The number of oxazole rings is 1. The molecule has 1 aromatic heterocycles. The Hall–Kier alpha value is -1.69. The molecule has 0 spiro atoms. The van der Waals surface area contributed by atoms with Crippen LogP contribution in [0.5, 0.6) is 5.88 Å². The van der Waals surface area contributed by atoms with Crippen LogP contribution in [0, 0.1) is 5.82 Å². The van der Waals surface area contributed by atoms with Gasteiger partial charge in [0.25, 0.3) is 5.88 Å². The van der Waals surface area contributed by atoms with E-state index in [9.17, 15) is 9.18 Å². The van der Waals surface area contributed by atoms with Crippen LogP contribution in [0.15, 0.2) is 33.4 Å². The number of rotatable bonds is 4. The lowest BCUT2D eigenvalue weighted by Gasteiger charge is -1.97. The molecule has 0 atom stereocenters. The van der Waals surface area contributed by atoms with Crippen molar-refractivity contribution in [1.29, 1.82) is 0 Å². The summed E-state index contributed by atoms with van der Waals surface area (Å²) < 4.78 is 23.4. The zero-order valence-electron chi connectivity index (χ0n) is 10.2. The normalized spacial score (nSPS) is 10.5. The second kappa shape index (κ2) is 5.97. The molecule has 2 aromatic rings. The fraction of sp³-hybridized carbons (Fsp3) is 0.231. The molecule has 0 saturated carbocycles. The molecular formula is C13H11BrFNO3. The topological polar surface area (TPSA) is 52.3 Å². The van der Waals surface area contributed by atoms with E-state index in [2.05, 4.69) is 20.9 Å². The van der Waals surface area contributed by atoms with Crippen LogP contribution < -0.4 is 4.74 Å². The largest absolute Gasteiger partial charge is 0.425 e. The molecule has 0 amide bonds. The molecular weight excluding hydrogens is 317 g/mol. The molecule has 0 fully saturated rings. The lowest BCUT2D eigenvalue weighted by atomic mass is 10.2. The zero-order valence-corrected chi connectivity index (χ0v) is 11.7. The van der Waals surface area contributed by atoms with E-state index in [1.165, 1.54) is 24.3 Å². The van der Waals surface area contributed by atoms with Gasteiger partial charge in [0.1, 0.15) is 5.82 Å². The molecule has 0 unspecified atom stereocenters. The highest BCUT2D eigenvalue weighted by atomic mass is 79.9. The van der Waals surface area contributed by atoms with Crippen LogP contribution in [0.2, 0.25) is 0 Å². The van der Waals surface area contributed by atoms with Gasteiger partial charge in [0.15, 0.2) is 0 Å². The van der Waals surface area contributed by atoms with Crippen molar-refractivity contribution >= 4 is 21.9 Å². The van der Waals surface area contributed by atoms with Crippen molar-refractivity contribution in [3.05, 3.63) is 34.8 Å². The van der Waals surface area contributed by atoms with Crippen molar-refractivity contribution in [1.82, 2.24) is 4.98 Å². The van der Waals surface area contributed by atoms with Crippen molar-refractivity contribution in [2.75, 3.05) is 0 Å². The molecule has 1 heterocycles. The molecule has 0 saturated heterocycles. The van der Waals surface area contributed by atoms with E-state index < -0.39 is 0 Å². The first-order valence-electron chi connectivity index (χ1n) is 5.73. The van der Waals surface area contributed by atoms with Gasteiger partial charge in [-0.15, -0.1) is 0 Å². The molecule has 0 bridgehead atoms. The van der Waals surface area contributed by atoms with E-state index in [4.69, 9.17) is 9.15 Å². The van der Waals surface area contributed by atoms with Crippen molar-refractivity contribution in [2.45, 2.75) is 19.8 Å². The molecule has 19 heavy (non-hydrogen) atoms. The quantitative estimate of drug-likeness (QED) is 0.798. The van der Waals surface area contributed by atoms with Gasteiger partial charge < -0.3 is 9.15 Å². The second-order valence-electron chi connectivity index (χ2n) is 3.83. The summed E-state index contributed by atoms with van der Waals surface area (Å²) in [6.45, 7) is 1.88. The predicted molar refractivity (Wildman–Crippen MR) is 70.1 cm³/mol. The lowest BCUT2D eigenvalue weighted by Crippen LogP contribution is -2.07. The first-order chi connectivity index (χ1) is 9.10. The highest BCUT2D eigenvalue weighted by molar-refractivity contribution is 9.10. The van der Waals surface area contributed by atoms with Crippen LogP contribution in [-0.4, -0.2) is 11.0 Å². The van der Waals surface area contributed by atoms with Gasteiger partial charge in [-0.05, 0) is 46.6 Å². The monoisotopic (exact) mass is 327 g/mol. The van der Waals surface area contributed by atoms with E-state index in [0.29, 0.717) is 18.4 Å². The van der Waals surface area contributed by atoms with Crippen LogP contribution in [-0.2, 0) is 4.79 Å². The third-order valence-corrected chi connectivity index (χ3v) is 2.81. The number of carbonyl (C=O) groups is 1. The van der Waals surface area contributed by atoms with E-state index >= 15 is 0 Å². The Bertz CT molecular complexity index is 580. The molecule has 0 N–H and O–H groups in total. The zero-order chi connectivity index (χ0) is 13.8. The van der Waals surface area contributed by atoms with E-state index in [1.807, 2.05) is 6.92 Å². The first-order valence-corrected chi connectivity index (χ1v) is 6.52. The standard InChI is InChI=1S/C13H11BrFNO3/c1-2-3-10(17)18-13-11(14)19-12(16-13)8-4-6-9(15)7-5-8/h4-7H,2-3H2,1H3. The first kappa shape index (κ1) is 13.7. The highest BCUT2D eigenvalue weighted by Gasteiger charge is 2.16. The minimum Gasteiger partial charge on any atom is -0.425 e. The molecule has 4 nitrogen and oxygen atoms in total. The number of hydrogen-bond acceptors (Lipinski definition) is 4. The van der Waals surface area contributed by atoms with Gasteiger partial charge in [-0.25, -0.2) is 4.39 Å². The Kier molecular flexibility index (Phi) is 4.31. The number of esters is 1. The smallest absolute Gasteiger partial charge is 0.312 e. The number of ether oxygens (including phenoxy) is 1. The van der Waals surface area contributed by atoms with Crippen LogP contribution in [0.25, 0.3) is 11.5 Å². The predicted octanol–water partition coefficient (Wildman–Crippen LogP) is 3.95. The fourth-order valence-electron chi connectivity index (χ4n) is 1.43. The van der Waals surface area contributed by atoms with Crippen molar-refractivity contribution in [2.24, 2.45) is 0 Å². The molecule has 2 rings (SSSR count). The molecule has 0 aliphatic heterocycles. The number of hydrogen-bond donors (Lipinski definition) is 0. The van der Waals surface area contributed by atoms with Crippen molar-refractivity contribution < 1.29 is 18.3 Å². The van der Waals surface area contributed by atoms with Gasteiger partial charge in [-0.2, -0.15) is 4.98 Å². The maximum Gasteiger partial charge on any atom is 0.312 e. The Morgan fingerprint density at radius 3 is 2.74 bits per heavy atom.